The Morgan fingerprint density at radius 2 is 2.31 bits per heavy atom. The van der Waals surface area contributed by atoms with E-state index in [0.29, 0.717) is 5.76 Å². The first kappa shape index (κ1) is 8.07. The summed E-state index contributed by atoms with van der Waals surface area (Å²) >= 11 is 1.47. The number of nitrogens with one attached hydrogen (secondary N) is 1. The second-order valence-electron chi connectivity index (χ2n) is 2.41. The maximum atomic E-state index is 11.4. The van der Waals surface area contributed by atoms with Crippen molar-refractivity contribution in [1.82, 2.24) is 0 Å². The molecular formula is C9H7NO2S. The number of carbonyl (C=O) groups excluding carboxylic acids is 1. The van der Waals surface area contributed by atoms with Crippen molar-refractivity contribution in [1.29, 1.82) is 0 Å². The van der Waals surface area contributed by atoms with Crippen molar-refractivity contribution in [2.75, 3.05) is 5.32 Å². The second-order valence-corrected chi connectivity index (χ2v) is 3.36. The van der Waals surface area contributed by atoms with Crippen LogP contribution >= 0.6 is 11.3 Å². The lowest BCUT2D eigenvalue weighted by Crippen LogP contribution is -2.09. The van der Waals surface area contributed by atoms with Gasteiger partial charge in [-0.2, -0.15) is 0 Å². The van der Waals surface area contributed by atoms with Gasteiger partial charge in [-0.15, -0.1) is 11.3 Å². The highest BCUT2D eigenvalue weighted by Gasteiger charge is 2.08. The van der Waals surface area contributed by atoms with Gasteiger partial charge in [0.15, 0.2) is 5.76 Å². The number of hydrogen-bond donors (Lipinski definition) is 1. The van der Waals surface area contributed by atoms with Crippen LogP contribution in [-0.4, -0.2) is 5.91 Å². The molecule has 0 aliphatic rings. The predicted molar refractivity (Wildman–Crippen MR) is 51.0 cm³/mol. The largest absolute Gasteiger partial charge is 0.459 e. The molecule has 1 N–H and O–H groups in total. The topological polar surface area (TPSA) is 42.2 Å². The van der Waals surface area contributed by atoms with Gasteiger partial charge in [0.25, 0.3) is 5.91 Å². The third kappa shape index (κ3) is 1.78. The quantitative estimate of drug-likeness (QED) is 0.796. The van der Waals surface area contributed by atoms with Gasteiger partial charge in [0.1, 0.15) is 0 Å². The zero-order valence-corrected chi connectivity index (χ0v) is 7.51. The van der Waals surface area contributed by atoms with Crippen LogP contribution in [0.5, 0.6) is 0 Å². The smallest absolute Gasteiger partial charge is 0.291 e. The van der Waals surface area contributed by atoms with Gasteiger partial charge in [0.2, 0.25) is 0 Å². The Morgan fingerprint density at radius 3 is 2.92 bits per heavy atom. The highest BCUT2D eigenvalue weighted by Crippen LogP contribution is 2.16. The van der Waals surface area contributed by atoms with Crippen LogP contribution in [0.1, 0.15) is 10.6 Å². The molecule has 2 aromatic rings. The molecule has 13 heavy (non-hydrogen) atoms. The summed E-state index contributed by atoms with van der Waals surface area (Å²) in [6.45, 7) is 0. The zero-order chi connectivity index (χ0) is 9.10. The molecule has 4 heteroatoms. The van der Waals surface area contributed by atoms with Crippen molar-refractivity contribution in [2.45, 2.75) is 0 Å². The number of rotatable bonds is 2. The van der Waals surface area contributed by atoms with E-state index in [1.807, 2.05) is 17.5 Å². The molecule has 3 nitrogen and oxygen atoms in total. The van der Waals surface area contributed by atoms with Crippen LogP contribution in [0.2, 0.25) is 0 Å². The van der Waals surface area contributed by atoms with Crippen molar-refractivity contribution < 1.29 is 9.21 Å². The normalized spacial score (nSPS) is 9.85. The summed E-state index contributed by atoms with van der Waals surface area (Å²) in [5.41, 5.74) is 0. The van der Waals surface area contributed by atoms with Gasteiger partial charge in [0, 0.05) is 0 Å². The summed E-state index contributed by atoms with van der Waals surface area (Å²) in [7, 11) is 0. The number of anilines is 1. The van der Waals surface area contributed by atoms with Gasteiger partial charge >= 0.3 is 0 Å². The molecule has 0 fully saturated rings. The van der Waals surface area contributed by atoms with E-state index in [1.165, 1.54) is 17.6 Å². The Kier molecular flexibility index (Phi) is 2.14. The number of carbonyl (C=O) groups is 1. The van der Waals surface area contributed by atoms with Gasteiger partial charge in [-0.1, -0.05) is 0 Å². The van der Waals surface area contributed by atoms with Crippen LogP contribution in [0.3, 0.4) is 0 Å². The first-order chi connectivity index (χ1) is 6.36. The standard InChI is InChI=1S/C9H7NO2S/c11-9(7-3-1-5-12-7)10-8-4-2-6-13-8/h1-6H,(H,10,11). The zero-order valence-electron chi connectivity index (χ0n) is 6.69. The fraction of sp³-hybridized carbons (Fsp3) is 0. The summed E-state index contributed by atoms with van der Waals surface area (Å²) in [5.74, 6) is 0.112. The Labute approximate surface area is 79.0 Å². The summed E-state index contributed by atoms with van der Waals surface area (Å²) < 4.78 is 4.94. The molecule has 2 aromatic heterocycles. The third-order valence-electron chi connectivity index (χ3n) is 1.50. The van der Waals surface area contributed by atoms with Crippen LogP contribution in [0.4, 0.5) is 5.00 Å². The minimum atomic E-state index is -0.215. The molecule has 0 aromatic carbocycles. The average Bonchev–Trinajstić information content (AvgIpc) is 2.74. The Balaban J connectivity index is 2.08. The first-order valence-corrected chi connectivity index (χ1v) is 4.62. The molecule has 2 rings (SSSR count). The van der Waals surface area contributed by atoms with E-state index < -0.39 is 0 Å². The molecule has 0 atom stereocenters. The fourth-order valence-electron chi connectivity index (χ4n) is 0.931. The molecule has 66 valence electrons. The summed E-state index contributed by atoms with van der Waals surface area (Å²) in [6, 6.07) is 7.03. The van der Waals surface area contributed by atoms with Crippen molar-refractivity contribution in [3.8, 4) is 0 Å². The molecule has 1 amide bonds. The van der Waals surface area contributed by atoms with Gasteiger partial charge in [0.05, 0.1) is 11.3 Å². The monoisotopic (exact) mass is 193 g/mol. The molecule has 0 spiro atoms. The van der Waals surface area contributed by atoms with Crippen LogP contribution in [0, 0.1) is 0 Å². The van der Waals surface area contributed by atoms with E-state index in [9.17, 15) is 4.79 Å². The van der Waals surface area contributed by atoms with E-state index in [4.69, 9.17) is 4.42 Å². The van der Waals surface area contributed by atoms with Crippen molar-refractivity contribution in [3.05, 3.63) is 41.7 Å². The molecular weight excluding hydrogens is 186 g/mol. The molecule has 0 radical (unpaired) electrons. The van der Waals surface area contributed by atoms with Crippen LogP contribution in [0.15, 0.2) is 40.3 Å². The molecule has 0 unspecified atom stereocenters. The van der Waals surface area contributed by atoms with E-state index in [2.05, 4.69) is 5.32 Å². The van der Waals surface area contributed by atoms with Crippen molar-refractivity contribution in [3.63, 3.8) is 0 Å². The van der Waals surface area contributed by atoms with Gasteiger partial charge in [-0.05, 0) is 29.6 Å². The summed E-state index contributed by atoms with van der Waals surface area (Å²) in [6.07, 6.45) is 1.48. The average molecular weight is 193 g/mol. The van der Waals surface area contributed by atoms with Gasteiger partial charge < -0.3 is 9.73 Å². The third-order valence-corrected chi connectivity index (χ3v) is 2.29. The number of amides is 1. The summed E-state index contributed by atoms with van der Waals surface area (Å²) in [4.78, 5) is 11.4. The molecule has 2 heterocycles. The van der Waals surface area contributed by atoms with Crippen LogP contribution in [-0.2, 0) is 0 Å². The second kappa shape index (κ2) is 3.45. The lowest BCUT2D eigenvalue weighted by atomic mass is 10.4. The maximum Gasteiger partial charge on any atom is 0.291 e. The molecule has 0 aliphatic heterocycles. The molecule has 0 saturated heterocycles. The van der Waals surface area contributed by atoms with Gasteiger partial charge in [-0.25, -0.2) is 0 Å². The maximum absolute atomic E-state index is 11.4. The predicted octanol–water partition coefficient (Wildman–Crippen LogP) is 2.59. The minimum absolute atomic E-state index is 0.215. The van der Waals surface area contributed by atoms with Crippen LogP contribution in [0.25, 0.3) is 0 Å². The molecule has 0 aliphatic carbocycles. The van der Waals surface area contributed by atoms with E-state index >= 15 is 0 Å². The highest BCUT2D eigenvalue weighted by atomic mass is 32.1. The lowest BCUT2D eigenvalue weighted by Gasteiger charge is -1.97. The fourth-order valence-corrected chi connectivity index (χ4v) is 1.54. The summed E-state index contributed by atoms with van der Waals surface area (Å²) in [5, 5.41) is 5.43. The first-order valence-electron chi connectivity index (χ1n) is 3.74. The Bertz CT molecular complexity index is 378. The van der Waals surface area contributed by atoms with Gasteiger partial charge in [-0.3, -0.25) is 4.79 Å². The number of furan rings is 1. The van der Waals surface area contributed by atoms with Crippen molar-refractivity contribution >= 4 is 22.2 Å². The van der Waals surface area contributed by atoms with Crippen LogP contribution < -0.4 is 5.32 Å². The molecule has 0 bridgehead atoms. The van der Waals surface area contributed by atoms with Crippen molar-refractivity contribution in [2.24, 2.45) is 0 Å². The van der Waals surface area contributed by atoms with E-state index in [-0.39, 0.29) is 5.91 Å². The highest BCUT2D eigenvalue weighted by molar-refractivity contribution is 7.14. The minimum Gasteiger partial charge on any atom is -0.459 e. The number of hydrogen-bond acceptors (Lipinski definition) is 3. The Morgan fingerprint density at radius 1 is 1.38 bits per heavy atom. The SMILES string of the molecule is O=C(Nc1cccs1)c1ccco1. The lowest BCUT2D eigenvalue weighted by molar-refractivity contribution is 0.0997. The van der Waals surface area contributed by atoms with E-state index in [0.717, 1.165) is 5.00 Å². The Hall–Kier alpha value is -1.55. The number of thiophene rings is 1. The van der Waals surface area contributed by atoms with E-state index in [1.54, 1.807) is 12.1 Å². The molecule has 0 saturated carbocycles.